The average Bonchev–Trinajstić information content (AvgIpc) is 2.73. The Bertz CT molecular complexity index is 587. The van der Waals surface area contributed by atoms with Gasteiger partial charge in [0.1, 0.15) is 12.4 Å². The minimum Gasteiger partial charge on any atom is -0.486 e. The smallest absolute Gasteiger partial charge is 0.271 e. The highest BCUT2D eigenvalue weighted by atomic mass is 79.9. The first-order valence-electron chi connectivity index (χ1n) is 4.86. The lowest BCUT2D eigenvalue weighted by atomic mass is 10.3. The third kappa shape index (κ3) is 3.01. The van der Waals surface area contributed by atoms with Crippen molar-refractivity contribution in [3.63, 3.8) is 0 Å². The van der Waals surface area contributed by atoms with Gasteiger partial charge in [-0.05, 0) is 33.4 Å². The van der Waals surface area contributed by atoms with E-state index in [1.807, 2.05) is 11.4 Å². The van der Waals surface area contributed by atoms with Crippen molar-refractivity contribution in [1.82, 2.24) is 0 Å². The van der Waals surface area contributed by atoms with E-state index in [1.165, 1.54) is 18.2 Å². The number of rotatable bonds is 4. The summed E-state index contributed by atoms with van der Waals surface area (Å²) >= 11 is 10.9. The Hall–Kier alpha value is -1.11. The van der Waals surface area contributed by atoms with Crippen molar-refractivity contribution in [2.24, 2.45) is 0 Å². The number of hydrogen-bond donors (Lipinski definition) is 0. The molecule has 18 heavy (non-hydrogen) atoms. The second-order valence-electron chi connectivity index (χ2n) is 3.35. The molecule has 0 saturated heterocycles. The minimum absolute atomic E-state index is 0.0512. The molecule has 1 heterocycles. The summed E-state index contributed by atoms with van der Waals surface area (Å²) in [5, 5.41) is 12.7. The van der Waals surface area contributed by atoms with Gasteiger partial charge in [0.25, 0.3) is 5.69 Å². The van der Waals surface area contributed by atoms with Gasteiger partial charge in [-0.3, -0.25) is 10.1 Å². The number of thiophene rings is 1. The lowest BCUT2D eigenvalue weighted by Crippen LogP contribution is -1.95. The van der Waals surface area contributed by atoms with Crippen LogP contribution in [0.15, 0.2) is 34.1 Å². The van der Waals surface area contributed by atoms with E-state index in [2.05, 4.69) is 15.9 Å². The van der Waals surface area contributed by atoms with Crippen molar-refractivity contribution < 1.29 is 9.66 Å². The lowest BCUT2D eigenvalue weighted by Gasteiger charge is -2.06. The number of nitro groups is 1. The van der Waals surface area contributed by atoms with Gasteiger partial charge in [0, 0.05) is 16.6 Å². The Morgan fingerprint density at radius 2 is 2.22 bits per heavy atom. The molecule has 0 saturated carbocycles. The van der Waals surface area contributed by atoms with E-state index in [9.17, 15) is 10.1 Å². The number of non-ortho nitro benzene ring substituents is 1. The molecule has 0 aliphatic heterocycles. The molecular weight excluding hydrogens is 342 g/mol. The lowest BCUT2D eigenvalue weighted by molar-refractivity contribution is -0.384. The zero-order chi connectivity index (χ0) is 13.1. The predicted octanol–water partition coefficient (Wildman–Crippen LogP) is 4.65. The number of halogens is 2. The summed E-state index contributed by atoms with van der Waals surface area (Å²) in [7, 11) is 0. The van der Waals surface area contributed by atoms with Crippen molar-refractivity contribution in [2.75, 3.05) is 0 Å². The predicted molar refractivity (Wildman–Crippen MR) is 74.5 cm³/mol. The molecule has 0 spiro atoms. The maximum Gasteiger partial charge on any atom is 0.271 e. The van der Waals surface area contributed by atoms with Gasteiger partial charge in [0.05, 0.1) is 14.8 Å². The maximum absolute atomic E-state index is 10.6. The van der Waals surface area contributed by atoms with Gasteiger partial charge in [-0.25, -0.2) is 0 Å². The molecule has 0 aliphatic rings. The summed E-state index contributed by atoms with van der Waals surface area (Å²) in [6.45, 7) is 0.371. The number of benzene rings is 1. The molecule has 0 N–H and O–H groups in total. The first-order chi connectivity index (χ1) is 8.58. The minimum atomic E-state index is -0.495. The third-order valence-electron chi connectivity index (χ3n) is 2.18. The van der Waals surface area contributed by atoms with Crippen molar-refractivity contribution >= 4 is 44.6 Å². The number of nitrogens with zero attached hydrogens (tertiary/aromatic N) is 1. The van der Waals surface area contributed by atoms with E-state index >= 15 is 0 Å². The van der Waals surface area contributed by atoms with Crippen LogP contribution in [-0.2, 0) is 6.61 Å². The molecule has 1 aromatic carbocycles. The summed E-state index contributed by atoms with van der Waals surface area (Å²) in [5.41, 5.74) is -0.0512. The van der Waals surface area contributed by atoms with Crippen LogP contribution in [0.25, 0.3) is 0 Å². The zero-order valence-electron chi connectivity index (χ0n) is 8.93. The van der Waals surface area contributed by atoms with Gasteiger partial charge in [0.2, 0.25) is 0 Å². The van der Waals surface area contributed by atoms with Crippen molar-refractivity contribution in [3.8, 4) is 5.75 Å². The number of nitro benzene ring substituents is 1. The van der Waals surface area contributed by atoms with Gasteiger partial charge >= 0.3 is 0 Å². The van der Waals surface area contributed by atoms with Gasteiger partial charge in [-0.15, -0.1) is 11.3 Å². The Kier molecular flexibility index (Phi) is 4.21. The average molecular weight is 349 g/mol. The summed E-state index contributed by atoms with van der Waals surface area (Å²) in [6.07, 6.45) is 0. The van der Waals surface area contributed by atoms with E-state index in [0.717, 1.165) is 9.35 Å². The Morgan fingerprint density at radius 3 is 2.78 bits per heavy atom. The van der Waals surface area contributed by atoms with E-state index < -0.39 is 4.92 Å². The van der Waals surface area contributed by atoms with Gasteiger partial charge in [0.15, 0.2) is 0 Å². The van der Waals surface area contributed by atoms with E-state index in [4.69, 9.17) is 16.3 Å². The van der Waals surface area contributed by atoms with Crippen LogP contribution >= 0.6 is 38.9 Å². The largest absolute Gasteiger partial charge is 0.486 e. The summed E-state index contributed by atoms with van der Waals surface area (Å²) in [6, 6.07) is 6.08. The highest BCUT2D eigenvalue weighted by Crippen LogP contribution is 2.30. The molecule has 0 atom stereocenters. The molecule has 0 unspecified atom stereocenters. The fourth-order valence-electron chi connectivity index (χ4n) is 1.29. The van der Waals surface area contributed by atoms with Gasteiger partial charge in [-0.1, -0.05) is 11.6 Å². The van der Waals surface area contributed by atoms with Crippen LogP contribution in [-0.4, -0.2) is 4.92 Å². The fourth-order valence-corrected chi connectivity index (χ4v) is 2.90. The number of hydrogen-bond acceptors (Lipinski definition) is 4. The van der Waals surface area contributed by atoms with E-state index in [-0.39, 0.29) is 10.7 Å². The molecule has 1 aromatic heterocycles. The summed E-state index contributed by atoms with van der Waals surface area (Å²) in [5.74, 6) is 0.433. The van der Waals surface area contributed by atoms with Crippen LogP contribution < -0.4 is 4.74 Å². The molecule has 0 aliphatic carbocycles. The molecule has 0 radical (unpaired) electrons. The van der Waals surface area contributed by atoms with Crippen LogP contribution in [0.1, 0.15) is 4.88 Å². The molecule has 94 valence electrons. The van der Waals surface area contributed by atoms with Gasteiger partial charge < -0.3 is 4.74 Å². The first kappa shape index (κ1) is 13.3. The van der Waals surface area contributed by atoms with Crippen LogP contribution in [0.5, 0.6) is 5.75 Å². The quantitative estimate of drug-likeness (QED) is 0.597. The van der Waals surface area contributed by atoms with Crippen molar-refractivity contribution in [1.29, 1.82) is 0 Å². The normalized spacial score (nSPS) is 10.3. The second kappa shape index (κ2) is 5.69. The molecule has 0 bridgehead atoms. The molecule has 7 heteroatoms. The highest BCUT2D eigenvalue weighted by Gasteiger charge is 2.11. The van der Waals surface area contributed by atoms with Crippen LogP contribution in [0, 0.1) is 10.1 Å². The first-order valence-corrected chi connectivity index (χ1v) is 6.91. The summed E-state index contributed by atoms with van der Waals surface area (Å²) in [4.78, 5) is 11.1. The van der Waals surface area contributed by atoms with Crippen LogP contribution in [0.4, 0.5) is 5.69 Å². The Balaban J connectivity index is 2.11. The maximum atomic E-state index is 10.6. The Labute approximate surface area is 120 Å². The van der Waals surface area contributed by atoms with Crippen molar-refractivity contribution in [2.45, 2.75) is 6.61 Å². The molecule has 0 amide bonds. The molecule has 0 fully saturated rings. The topological polar surface area (TPSA) is 52.4 Å². The molecule has 2 aromatic rings. The number of ether oxygens (including phenoxy) is 1. The molecule has 4 nitrogen and oxygen atoms in total. The van der Waals surface area contributed by atoms with E-state index in [1.54, 1.807) is 11.3 Å². The fraction of sp³-hybridized carbons (Fsp3) is 0.0909. The van der Waals surface area contributed by atoms with E-state index in [0.29, 0.717) is 12.4 Å². The standard InChI is InChI=1S/C11H7BrClNO3S/c12-8-3-4-18-11(8)6-17-10-2-1-7(14(15)16)5-9(10)13/h1-5H,6H2. The third-order valence-corrected chi connectivity index (χ3v) is 4.37. The SMILES string of the molecule is O=[N+]([O-])c1ccc(OCc2sccc2Br)c(Cl)c1. The van der Waals surface area contributed by atoms with Crippen LogP contribution in [0.2, 0.25) is 5.02 Å². The highest BCUT2D eigenvalue weighted by molar-refractivity contribution is 9.10. The molecule has 2 rings (SSSR count). The second-order valence-corrected chi connectivity index (χ2v) is 5.61. The zero-order valence-corrected chi connectivity index (χ0v) is 12.1. The Morgan fingerprint density at radius 1 is 1.44 bits per heavy atom. The summed E-state index contributed by atoms with van der Waals surface area (Å²) < 4.78 is 6.50. The van der Waals surface area contributed by atoms with Crippen molar-refractivity contribution in [3.05, 3.63) is 54.1 Å². The monoisotopic (exact) mass is 347 g/mol. The van der Waals surface area contributed by atoms with Gasteiger partial charge in [-0.2, -0.15) is 0 Å². The molecular formula is C11H7BrClNO3S. The van der Waals surface area contributed by atoms with Crippen LogP contribution in [0.3, 0.4) is 0 Å².